The molecule has 0 rings (SSSR count). The molecule has 2 nitrogen and oxygen atoms in total. The number of hydrogen-bond donors (Lipinski definition) is 0. The molecule has 0 aromatic heterocycles. The Balaban J connectivity index is 2.69. The Morgan fingerprint density at radius 1 is 1.67 bits per heavy atom. The molecule has 0 N–H and O–H groups in total. The molecule has 0 amide bonds. The van der Waals surface area contributed by atoms with Gasteiger partial charge >= 0.3 is 0 Å². The molecule has 0 unspecified atom stereocenters. The van der Waals surface area contributed by atoms with Crippen LogP contribution in [0.5, 0.6) is 0 Å². The molecule has 4 heteroatoms. The fourth-order valence-corrected chi connectivity index (χ4v) is 1.57. The second kappa shape index (κ2) is 8.15. The van der Waals surface area contributed by atoms with Crippen LogP contribution in [0.2, 0.25) is 0 Å². The summed E-state index contributed by atoms with van der Waals surface area (Å²) in [5.41, 5.74) is 0. The molecule has 0 aromatic rings. The molecular weight excluding hydrogens is 154 g/mol. The van der Waals surface area contributed by atoms with Gasteiger partial charge in [-0.3, -0.25) is 0 Å². The molecule has 0 aliphatic heterocycles. The van der Waals surface area contributed by atoms with Gasteiger partial charge in [-0.15, -0.1) is 11.8 Å². The Labute approximate surface area is 64.0 Å². The largest absolute Gasteiger partial charge is 0.384 e. The van der Waals surface area contributed by atoms with E-state index in [1.54, 1.807) is 18.9 Å². The molecule has 0 saturated heterocycles. The third-order valence-corrected chi connectivity index (χ3v) is 2.36. The van der Waals surface area contributed by atoms with Crippen molar-refractivity contribution in [2.24, 2.45) is 0 Å². The summed E-state index contributed by atoms with van der Waals surface area (Å²) in [5.74, 6) is 0.977. The minimum Gasteiger partial charge on any atom is -0.384 e. The zero-order valence-electron chi connectivity index (χ0n) is 5.29. The monoisotopic (exact) mass is 163 g/mol. The van der Waals surface area contributed by atoms with E-state index < -0.39 is 0 Å². The summed E-state index contributed by atoms with van der Waals surface area (Å²) in [6, 6.07) is 0. The van der Waals surface area contributed by atoms with E-state index in [0.29, 0.717) is 0 Å². The fourth-order valence-electron chi connectivity index (χ4n) is 0.269. The first-order valence-electron chi connectivity index (χ1n) is 2.49. The summed E-state index contributed by atoms with van der Waals surface area (Å²) >= 11 is 2.99. The first kappa shape index (κ1) is 9.15. The molecule has 0 aliphatic carbocycles. The second-order valence-corrected chi connectivity index (χ2v) is 3.49. The maximum atomic E-state index is 8.09. The van der Waals surface area contributed by atoms with E-state index in [1.807, 2.05) is 5.40 Å². The molecular formula is C5H9NOS2. The van der Waals surface area contributed by atoms with Crippen LogP contribution in [0.1, 0.15) is 0 Å². The summed E-state index contributed by atoms with van der Waals surface area (Å²) in [4.78, 5) is 0. The van der Waals surface area contributed by atoms with E-state index in [0.717, 1.165) is 17.4 Å². The van der Waals surface area contributed by atoms with Crippen LogP contribution in [-0.2, 0) is 4.74 Å². The van der Waals surface area contributed by atoms with Crippen molar-refractivity contribution in [2.45, 2.75) is 0 Å². The predicted molar refractivity (Wildman–Crippen MR) is 42.4 cm³/mol. The third kappa shape index (κ3) is 8.15. The van der Waals surface area contributed by atoms with Gasteiger partial charge in [-0.25, -0.2) is 0 Å². The molecule has 52 valence electrons. The Morgan fingerprint density at radius 2 is 2.44 bits per heavy atom. The number of thiocyanates is 1. The quantitative estimate of drug-likeness (QED) is 0.349. The molecule has 0 fully saturated rings. The average molecular weight is 163 g/mol. The van der Waals surface area contributed by atoms with Gasteiger partial charge in [0.2, 0.25) is 0 Å². The van der Waals surface area contributed by atoms with E-state index in [4.69, 9.17) is 10.00 Å². The number of thioether (sulfide) groups is 2. The van der Waals surface area contributed by atoms with Gasteiger partial charge in [-0.05, 0) is 11.8 Å². The minimum absolute atomic E-state index is 0.774. The van der Waals surface area contributed by atoms with Crippen molar-refractivity contribution in [1.29, 1.82) is 5.26 Å². The standard InChI is InChI=1S/C5H9NOS2/c1-7-2-3-8-5-9-4-6/h2-3,5H2,1H3. The van der Waals surface area contributed by atoms with E-state index in [9.17, 15) is 0 Å². The summed E-state index contributed by atoms with van der Waals surface area (Å²) < 4.78 is 4.81. The normalized spacial score (nSPS) is 8.89. The Morgan fingerprint density at radius 3 is 3.00 bits per heavy atom. The first-order chi connectivity index (χ1) is 4.41. The van der Waals surface area contributed by atoms with Gasteiger partial charge in [-0.1, -0.05) is 0 Å². The molecule has 0 spiro atoms. The lowest BCUT2D eigenvalue weighted by molar-refractivity contribution is 0.219. The lowest BCUT2D eigenvalue weighted by atomic mass is 10.9. The van der Waals surface area contributed by atoms with Crippen molar-refractivity contribution in [3.05, 3.63) is 0 Å². The summed E-state index contributed by atoms with van der Waals surface area (Å²) in [6.07, 6.45) is 0. The number of hydrogen-bond acceptors (Lipinski definition) is 4. The number of methoxy groups -OCH3 is 1. The topological polar surface area (TPSA) is 33.0 Å². The van der Waals surface area contributed by atoms with Crippen LogP contribution in [0, 0.1) is 10.7 Å². The molecule has 0 heterocycles. The van der Waals surface area contributed by atoms with Crippen molar-refractivity contribution in [3.63, 3.8) is 0 Å². The summed E-state index contributed by atoms with van der Waals surface area (Å²) in [7, 11) is 1.68. The van der Waals surface area contributed by atoms with E-state index >= 15 is 0 Å². The molecule has 0 atom stereocenters. The van der Waals surface area contributed by atoms with E-state index in [2.05, 4.69) is 0 Å². The Kier molecular flexibility index (Phi) is 8.29. The molecule has 0 saturated carbocycles. The Hall–Kier alpha value is 0.150. The van der Waals surface area contributed by atoms with E-state index in [-0.39, 0.29) is 0 Å². The molecule has 0 radical (unpaired) electrons. The van der Waals surface area contributed by atoms with Gasteiger partial charge in [0, 0.05) is 12.9 Å². The lowest BCUT2D eigenvalue weighted by Gasteiger charge is -1.94. The SMILES string of the molecule is COCCSCSC#N. The minimum atomic E-state index is 0.774. The van der Waals surface area contributed by atoms with Crippen LogP contribution in [0.25, 0.3) is 0 Å². The van der Waals surface area contributed by atoms with Crippen molar-refractivity contribution in [1.82, 2.24) is 0 Å². The second-order valence-electron chi connectivity index (χ2n) is 1.25. The van der Waals surface area contributed by atoms with Crippen LogP contribution in [-0.4, -0.2) is 24.6 Å². The molecule has 9 heavy (non-hydrogen) atoms. The summed E-state index contributed by atoms with van der Waals surface area (Å²) in [5, 5.41) is 10.9. The third-order valence-electron chi connectivity index (χ3n) is 0.639. The highest BCUT2D eigenvalue weighted by Gasteiger charge is 1.86. The average Bonchev–Trinajstić information content (AvgIpc) is 1.89. The van der Waals surface area contributed by atoms with Gasteiger partial charge in [0.25, 0.3) is 0 Å². The zero-order chi connectivity index (χ0) is 6.95. The number of nitriles is 1. The maximum Gasteiger partial charge on any atom is 0.134 e. The van der Waals surface area contributed by atoms with Crippen LogP contribution >= 0.6 is 23.5 Å². The number of ether oxygens (including phenoxy) is 1. The zero-order valence-corrected chi connectivity index (χ0v) is 6.93. The van der Waals surface area contributed by atoms with Gasteiger partial charge in [0.1, 0.15) is 5.40 Å². The lowest BCUT2D eigenvalue weighted by Crippen LogP contribution is -1.90. The van der Waals surface area contributed by atoms with Gasteiger partial charge in [0.15, 0.2) is 0 Å². The smallest absolute Gasteiger partial charge is 0.134 e. The van der Waals surface area contributed by atoms with Crippen LogP contribution in [0.15, 0.2) is 0 Å². The van der Waals surface area contributed by atoms with Gasteiger partial charge in [-0.2, -0.15) is 5.26 Å². The van der Waals surface area contributed by atoms with Crippen molar-refractivity contribution >= 4 is 23.5 Å². The first-order valence-corrected chi connectivity index (χ1v) is 4.63. The highest BCUT2D eigenvalue weighted by Crippen LogP contribution is 2.08. The van der Waals surface area contributed by atoms with Crippen molar-refractivity contribution in [3.8, 4) is 5.40 Å². The van der Waals surface area contributed by atoms with Crippen LogP contribution in [0.3, 0.4) is 0 Å². The summed E-state index contributed by atoms with van der Waals surface area (Å²) in [6.45, 7) is 0.774. The highest BCUT2D eigenvalue weighted by molar-refractivity contribution is 8.18. The predicted octanol–water partition coefficient (Wildman–Crippen LogP) is 1.54. The van der Waals surface area contributed by atoms with Crippen LogP contribution < -0.4 is 0 Å². The van der Waals surface area contributed by atoms with Crippen molar-refractivity contribution < 1.29 is 4.74 Å². The van der Waals surface area contributed by atoms with Crippen molar-refractivity contribution in [2.75, 3.05) is 24.6 Å². The molecule has 0 bridgehead atoms. The van der Waals surface area contributed by atoms with Gasteiger partial charge < -0.3 is 4.74 Å². The van der Waals surface area contributed by atoms with Gasteiger partial charge in [0.05, 0.1) is 11.7 Å². The highest BCUT2D eigenvalue weighted by atomic mass is 32.2. The molecule has 0 aromatic carbocycles. The number of nitrogens with zero attached hydrogens (tertiary/aromatic N) is 1. The van der Waals surface area contributed by atoms with E-state index in [1.165, 1.54) is 11.8 Å². The maximum absolute atomic E-state index is 8.09. The fraction of sp³-hybridized carbons (Fsp3) is 0.800. The van der Waals surface area contributed by atoms with Crippen LogP contribution in [0.4, 0.5) is 0 Å². The molecule has 0 aliphatic rings. The number of rotatable bonds is 5. The Bertz CT molecular complexity index is 91.4.